The minimum atomic E-state index is -0.138. The van der Waals surface area contributed by atoms with E-state index in [1.165, 1.54) is 5.56 Å². The molecule has 4 rings (SSSR count). The van der Waals surface area contributed by atoms with E-state index in [2.05, 4.69) is 35.4 Å². The smallest absolute Gasteiger partial charge is 0.274 e. The summed E-state index contributed by atoms with van der Waals surface area (Å²) in [7, 11) is 0. The lowest BCUT2D eigenvalue weighted by atomic mass is 9.76. The summed E-state index contributed by atoms with van der Waals surface area (Å²) in [5, 5.41) is 7.21. The third kappa shape index (κ3) is 2.72. The van der Waals surface area contributed by atoms with Gasteiger partial charge in [-0.3, -0.25) is 9.78 Å². The highest BCUT2D eigenvalue weighted by Gasteiger charge is 2.33. The molecule has 0 aromatic carbocycles. The van der Waals surface area contributed by atoms with Gasteiger partial charge in [0.25, 0.3) is 5.91 Å². The van der Waals surface area contributed by atoms with Crippen LogP contribution in [0.1, 0.15) is 72.2 Å². The molecule has 0 saturated heterocycles. The first-order valence-corrected chi connectivity index (χ1v) is 8.75. The second-order valence-corrected chi connectivity index (χ2v) is 7.74. The van der Waals surface area contributed by atoms with Gasteiger partial charge in [0, 0.05) is 18.2 Å². The van der Waals surface area contributed by atoms with Crippen molar-refractivity contribution in [1.82, 2.24) is 15.5 Å². The second-order valence-electron chi connectivity index (χ2n) is 7.74. The van der Waals surface area contributed by atoms with Gasteiger partial charge in [-0.25, -0.2) is 0 Å². The molecule has 0 spiro atoms. The van der Waals surface area contributed by atoms with Crippen LogP contribution in [0.25, 0.3) is 0 Å². The van der Waals surface area contributed by atoms with Gasteiger partial charge in [-0.2, -0.15) is 0 Å². The Bertz CT molecular complexity index is 779. The summed E-state index contributed by atoms with van der Waals surface area (Å²) in [6.45, 7) is 4.46. The Morgan fingerprint density at radius 1 is 1.38 bits per heavy atom. The predicted octanol–water partition coefficient (Wildman–Crippen LogP) is 3.39. The van der Waals surface area contributed by atoms with Crippen LogP contribution in [0.5, 0.6) is 0 Å². The van der Waals surface area contributed by atoms with Gasteiger partial charge >= 0.3 is 0 Å². The van der Waals surface area contributed by atoms with Gasteiger partial charge < -0.3 is 9.84 Å². The minimum absolute atomic E-state index is 0.0357. The van der Waals surface area contributed by atoms with Crippen LogP contribution < -0.4 is 5.32 Å². The monoisotopic (exact) mass is 325 g/mol. The van der Waals surface area contributed by atoms with Crippen molar-refractivity contribution in [1.29, 1.82) is 0 Å². The summed E-state index contributed by atoms with van der Waals surface area (Å²) in [4.78, 5) is 17.3. The third-order valence-electron chi connectivity index (χ3n) is 5.27. The van der Waals surface area contributed by atoms with E-state index in [0.29, 0.717) is 5.69 Å². The number of nitrogens with one attached hydrogen (secondary N) is 1. The Balaban J connectivity index is 1.58. The molecule has 0 saturated carbocycles. The highest BCUT2D eigenvalue weighted by atomic mass is 16.5. The van der Waals surface area contributed by atoms with Gasteiger partial charge in [0.2, 0.25) is 0 Å². The maximum absolute atomic E-state index is 12.8. The largest absolute Gasteiger partial charge is 0.360 e. The van der Waals surface area contributed by atoms with Crippen molar-refractivity contribution >= 4 is 5.91 Å². The van der Waals surface area contributed by atoms with Crippen molar-refractivity contribution in [3.63, 3.8) is 0 Å². The Morgan fingerprint density at radius 3 is 3.12 bits per heavy atom. The Hall–Kier alpha value is -2.17. The van der Waals surface area contributed by atoms with E-state index >= 15 is 0 Å². The van der Waals surface area contributed by atoms with Crippen LogP contribution in [0.15, 0.2) is 22.9 Å². The fourth-order valence-electron chi connectivity index (χ4n) is 3.90. The lowest BCUT2D eigenvalue weighted by Gasteiger charge is -2.28. The molecule has 0 aliphatic heterocycles. The first-order chi connectivity index (χ1) is 11.5. The van der Waals surface area contributed by atoms with E-state index in [0.717, 1.165) is 55.5 Å². The molecular formula is C19H23N3O2. The molecule has 2 aromatic rings. The molecule has 5 nitrogen and oxygen atoms in total. The summed E-state index contributed by atoms with van der Waals surface area (Å²) in [6, 6.07) is 4.02. The molecular weight excluding hydrogens is 302 g/mol. The molecule has 1 atom stereocenters. The van der Waals surface area contributed by atoms with Gasteiger partial charge in [-0.15, -0.1) is 0 Å². The zero-order valence-corrected chi connectivity index (χ0v) is 14.3. The summed E-state index contributed by atoms with van der Waals surface area (Å²) < 4.78 is 5.43. The lowest BCUT2D eigenvalue weighted by molar-refractivity contribution is 0.0921. The first-order valence-electron chi connectivity index (χ1n) is 8.75. The van der Waals surface area contributed by atoms with E-state index < -0.39 is 0 Å². The number of amides is 1. The Morgan fingerprint density at radius 2 is 2.25 bits per heavy atom. The van der Waals surface area contributed by atoms with E-state index in [-0.39, 0.29) is 17.4 Å². The molecule has 1 N–H and O–H groups in total. The number of carbonyl (C=O) groups is 1. The van der Waals surface area contributed by atoms with Crippen LogP contribution in [-0.2, 0) is 19.3 Å². The molecule has 0 bridgehead atoms. The number of aromatic nitrogens is 2. The number of fused-ring (bicyclic) bond motifs is 2. The SMILES string of the molecule is CC1(C)CCc2onc(C(=O)N[C@H]3CCCc4cccnc43)c2C1. The fraction of sp³-hybridized carbons (Fsp3) is 0.526. The lowest BCUT2D eigenvalue weighted by Crippen LogP contribution is -2.33. The van der Waals surface area contributed by atoms with Gasteiger partial charge in [-0.1, -0.05) is 25.1 Å². The second kappa shape index (κ2) is 5.72. The van der Waals surface area contributed by atoms with Crippen LogP contribution in [0.4, 0.5) is 0 Å². The molecule has 126 valence electrons. The standard InChI is InChI=1S/C19H23N3O2/c1-19(2)9-8-15-13(11-19)17(22-24-15)18(23)21-14-7-3-5-12-6-4-10-20-16(12)14/h4,6,10,14H,3,5,7-9,11H2,1-2H3,(H,21,23)/t14-/m0/s1. The third-order valence-corrected chi connectivity index (χ3v) is 5.27. The number of aryl methyl sites for hydroxylation is 2. The van der Waals surface area contributed by atoms with Crippen LogP contribution in [-0.4, -0.2) is 16.0 Å². The zero-order valence-electron chi connectivity index (χ0n) is 14.3. The van der Waals surface area contributed by atoms with Gasteiger partial charge in [0.15, 0.2) is 5.69 Å². The molecule has 0 fully saturated rings. The van der Waals surface area contributed by atoms with Crippen molar-refractivity contribution in [3.8, 4) is 0 Å². The van der Waals surface area contributed by atoms with Crippen molar-refractivity contribution in [2.45, 2.75) is 58.4 Å². The van der Waals surface area contributed by atoms with Crippen molar-refractivity contribution in [2.24, 2.45) is 5.41 Å². The average molecular weight is 325 g/mol. The normalized spacial score (nSPS) is 21.7. The minimum Gasteiger partial charge on any atom is -0.360 e. The maximum Gasteiger partial charge on any atom is 0.274 e. The van der Waals surface area contributed by atoms with E-state index in [1.807, 2.05) is 6.07 Å². The van der Waals surface area contributed by atoms with Crippen LogP contribution in [0.2, 0.25) is 0 Å². The Kier molecular flexibility index (Phi) is 3.66. The van der Waals surface area contributed by atoms with Crippen LogP contribution in [0, 0.1) is 5.41 Å². The van der Waals surface area contributed by atoms with Crippen LogP contribution in [0.3, 0.4) is 0 Å². The van der Waals surface area contributed by atoms with E-state index in [9.17, 15) is 4.79 Å². The molecule has 2 heterocycles. The predicted molar refractivity (Wildman–Crippen MR) is 89.7 cm³/mol. The zero-order chi connectivity index (χ0) is 16.7. The topological polar surface area (TPSA) is 68.0 Å². The van der Waals surface area contributed by atoms with Crippen molar-refractivity contribution < 1.29 is 9.32 Å². The molecule has 0 radical (unpaired) electrons. The summed E-state index contributed by atoms with van der Waals surface area (Å²) in [5.74, 6) is 0.739. The molecule has 1 amide bonds. The molecule has 2 aliphatic rings. The molecule has 24 heavy (non-hydrogen) atoms. The quantitative estimate of drug-likeness (QED) is 0.919. The maximum atomic E-state index is 12.8. The van der Waals surface area contributed by atoms with Gasteiger partial charge in [-0.05, 0) is 49.1 Å². The van der Waals surface area contributed by atoms with Gasteiger partial charge in [0.1, 0.15) is 5.76 Å². The number of pyridine rings is 1. The summed E-state index contributed by atoms with van der Waals surface area (Å²) in [6.07, 6.45) is 7.57. The highest BCUT2D eigenvalue weighted by Crippen LogP contribution is 2.36. The Labute approximate surface area is 141 Å². The highest BCUT2D eigenvalue weighted by molar-refractivity contribution is 5.94. The molecule has 2 aliphatic carbocycles. The van der Waals surface area contributed by atoms with Crippen molar-refractivity contribution in [3.05, 3.63) is 46.6 Å². The number of rotatable bonds is 2. The number of nitrogens with zero attached hydrogens (tertiary/aromatic N) is 2. The molecule has 0 unspecified atom stereocenters. The number of hydrogen-bond acceptors (Lipinski definition) is 4. The van der Waals surface area contributed by atoms with Crippen molar-refractivity contribution in [2.75, 3.05) is 0 Å². The fourth-order valence-corrected chi connectivity index (χ4v) is 3.90. The number of carbonyl (C=O) groups excluding carboxylic acids is 1. The van der Waals surface area contributed by atoms with Gasteiger partial charge in [0.05, 0.1) is 11.7 Å². The first kappa shape index (κ1) is 15.4. The van der Waals surface area contributed by atoms with E-state index in [4.69, 9.17) is 4.52 Å². The van der Waals surface area contributed by atoms with Crippen LogP contribution >= 0.6 is 0 Å². The molecule has 5 heteroatoms. The average Bonchev–Trinajstić information content (AvgIpc) is 2.97. The summed E-state index contributed by atoms with van der Waals surface area (Å²) >= 11 is 0. The summed E-state index contributed by atoms with van der Waals surface area (Å²) in [5.41, 5.74) is 3.86. The molecule has 2 aromatic heterocycles. The number of hydrogen-bond donors (Lipinski definition) is 1. The van der Waals surface area contributed by atoms with E-state index in [1.54, 1.807) is 6.20 Å².